The summed E-state index contributed by atoms with van der Waals surface area (Å²) >= 11 is 5.06. The molecule has 70 valence electrons. The second kappa shape index (κ2) is 6.07. The summed E-state index contributed by atoms with van der Waals surface area (Å²) in [7, 11) is -2.64. The van der Waals surface area contributed by atoms with Gasteiger partial charge in [0.05, 0.1) is 9.73 Å². The monoisotopic (exact) mass is 212 g/mol. The van der Waals surface area contributed by atoms with E-state index in [1.807, 2.05) is 0 Å². The third-order valence-electron chi connectivity index (χ3n) is 1.07. The molecule has 1 N–H and O–H groups in total. The zero-order valence-electron chi connectivity index (χ0n) is 6.26. The first-order valence-corrected chi connectivity index (χ1v) is 5.32. The van der Waals surface area contributed by atoms with E-state index in [1.54, 1.807) is 0 Å². The van der Waals surface area contributed by atoms with Crippen LogP contribution in [0.5, 0.6) is 0 Å². The molecule has 0 rings (SSSR count). The minimum Gasteiger partial charge on any atom is -0.396 e. The Balaban J connectivity index is 4.27. The van der Waals surface area contributed by atoms with Crippen LogP contribution < -0.4 is 0 Å². The first-order valence-electron chi connectivity index (χ1n) is 3.13. The van der Waals surface area contributed by atoms with Crippen LogP contribution in [0.2, 0.25) is 0 Å². The molecule has 8 heteroatoms. The Labute approximate surface area is 75.5 Å². The van der Waals surface area contributed by atoms with E-state index in [2.05, 4.69) is 13.9 Å². The molecule has 0 aliphatic carbocycles. The van der Waals surface area contributed by atoms with Crippen molar-refractivity contribution in [3.05, 3.63) is 10.4 Å². The van der Waals surface area contributed by atoms with Gasteiger partial charge in [0.25, 0.3) is 0 Å². The number of aliphatic hydroxyl groups is 1. The third-order valence-corrected chi connectivity index (χ3v) is 3.52. The molecule has 0 saturated carbocycles. The molecule has 0 aromatic heterocycles. The number of hydrogen-bond donors (Lipinski definition) is 1. The highest BCUT2D eigenvalue weighted by molar-refractivity contribution is 7.94. The number of rotatable bonds is 5. The molecule has 1 atom stereocenters. The number of nitrogens with zero attached hydrogens (tertiary/aromatic N) is 4. The Morgan fingerprint density at radius 1 is 1.67 bits per heavy atom. The molecule has 0 aromatic rings. The molecule has 12 heavy (non-hydrogen) atoms. The molecule has 0 saturated heterocycles. The number of aliphatic hydroxyl groups excluding tert-OH is 1. The van der Waals surface area contributed by atoms with Crippen LogP contribution in [0.4, 0.5) is 0 Å². The zero-order valence-corrected chi connectivity index (χ0v) is 7.83. The van der Waals surface area contributed by atoms with E-state index in [0.717, 1.165) is 0 Å². The van der Waals surface area contributed by atoms with Crippen molar-refractivity contribution in [2.75, 3.05) is 18.2 Å². The van der Waals surface area contributed by atoms with E-state index in [9.17, 15) is 4.21 Å². The highest BCUT2D eigenvalue weighted by atomic mass is 35.5. The molecule has 0 aromatic carbocycles. The smallest absolute Gasteiger partial charge is 0.112 e. The van der Waals surface area contributed by atoms with E-state index < -0.39 is 9.73 Å². The fraction of sp³-hybridized carbons (Fsp3) is 1.00. The largest absolute Gasteiger partial charge is 0.396 e. The highest BCUT2D eigenvalue weighted by Crippen LogP contribution is 2.02. The lowest BCUT2D eigenvalue weighted by atomic mass is 10.5. The van der Waals surface area contributed by atoms with Crippen molar-refractivity contribution < 1.29 is 9.32 Å². The lowest BCUT2D eigenvalue weighted by Gasteiger charge is -2.01. The molecule has 0 spiro atoms. The molecule has 0 fully saturated rings. The van der Waals surface area contributed by atoms with Crippen LogP contribution in [0.1, 0.15) is 6.42 Å². The van der Waals surface area contributed by atoms with E-state index in [0.29, 0.717) is 6.42 Å². The van der Waals surface area contributed by atoms with Gasteiger partial charge in [0.1, 0.15) is 5.88 Å². The van der Waals surface area contributed by atoms with Gasteiger partial charge in [0, 0.05) is 29.0 Å². The quantitative estimate of drug-likeness (QED) is 0.422. The van der Waals surface area contributed by atoms with Crippen LogP contribution in [0.25, 0.3) is 10.4 Å². The van der Waals surface area contributed by atoms with E-state index in [4.69, 9.17) is 22.4 Å². The van der Waals surface area contributed by atoms with E-state index in [-0.39, 0.29) is 18.2 Å². The van der Waals surface area contributed by atoms with Crippen molar-refractivity contribution >= 4 is 21.5 Å². The van der Waals surface area contributed by atoms with Crippen LogP contribution in [-0.4, -0.2) is 27.6 Å². The third kappa shape index (κ3) is 4.40. The average molecular weight is 213 g/mol. The molecule has 0 radical (unpaired) electrons. The summed E-state index contributed by atoms with van der Waals surface area (Å²) in [5.41, 5.74) is 7.95. The van der Waals surface area contributed by atoms with Crippen molar-refractivity contribution in [1.82, 2.24) is 0 Å². The summed E-state index contributed by atoms with van der Waals surface area (Å²) in [5.74, 6) is -0.0982. The minimum atomic E-state index is -2.64. The molecular formula is C4H9ClN4O2S. The number of hydrogen-bond acceptors (Lipinski definition) is 4. The van der Waals surface area contributed by atoms with Crippen LogP contribution >= 0.6 is 11.8 Å². The Morgan fingerprint density at radius 2 is 2.33 bits per heavy atom. The van der Waals surface area contributed by atoms with Crippen LogP contribution in [-0.2, 0) is 9.73 Å². The van der Waals surface area contributed by atoms with Gasteiger partial charge >= 0.3 is 0 Å². The minimum absolute atomic E-state index is 0.0837. The first-order chi connectivity index (χ1) is 5.68. The second-order valence-electron chi connectivity index (χ2n) is 1.98. The fourth-order valence-electron chi connectivity index (χ4n) is 0.527. The summed E-state index contributed by atoms with van der Waals surface area (Å²) in [6, 6.07) is 0. The van der Waals surface area contributed by atoms with Crippen molar-refractivity contribution in [1.29, 1.82) is 0 Å². The Morgan fingerprint density at radius 3 is 2.75 bits per heavy atom. The zero-order chi connectivity index (χ0) is 9.45. The Kier molecular flexibility index (Phi) is 5.83. The maximum Gasteiger partial charge on any atom is 0.112 e. The van der Waals surface area contributed by atoms with Gasteiger partial charge in [-0.05, 0) is 12.0 Å². The predicted molar refractivity (Wildman–Crippen MR) is 47.0 cm³/mol. The van der Waals surface area contributed by atoms with Crippen molar-refractivity contribution in [3.8, 4) is 0 Å². The molecule has 0 amide bonds. The summed E-state index contributed by atoms with van der Waals surface area (Å²) in [6.07, 6.45) is 0.329. The Hall–Kier alpha value is -0.490. The Bertz CT molecular complexity index is 279. The van der Waals surface area contributed by atoms with Crippen LogP contribution in [0.15, 0.2) is 9.00 Å². The fourth-order valence-corrected chi connectivity index (χ4v) is 1.92. The summed E-state index contributed by atoms with van der Waals surface area (Å²) < 4.78 is 14.5. The summed E-state index contributed by atoms with van der Waals surface area (Å²) in [5, 5.41) is 11.5. The van der Waals surface area contributed by atoms with Crippen molar-refractivity contribution in [3.63, 3.8) is 0 Å². The van der Waals surface area contributed by atoms with Gasteiger partial charge in [-0.2, -0.15) is 0 Å². The lowest BCUT2D eigenvalue weighted by Crippen LogP contribution is -2.09. The molecule has 0 aliphatic rings. The van der Waals surface area contributed by atoms with Crippen molar-refractivity contribution in [2.45, 2.75) is 6.42 Å². The summed E-state index contributed by atoms with van der Waals surface area (Å²) in [6.45, 7) is -0.0837. The van der Waals surface area contributed by atoms with E-state index in [1.165, 1.54) is 0 Å². The van der Waals surface area contributed by atoms with Crippen molar-refractivity contribution in [2.24, 2.45) is 9.00 Å². The normalized spacial score (nSPS) is 14.5. The number of halogens is 1. The number of azide groups is 1. The molecular weight excluding hydrogens is 204 g/mol. The average Bonchev–Trinajstić information content (AvgIpc) is 2.11. The second-order valence-corrected chi connectivity index (χ2v) is 4.75. The van der Waals surface area contributed by atoms with Gasteiger partial charge in [-0.1, -0.05) is 5.11 Å². The lowest BCUT2D eigenvalue weighted by molar-refractivity contribution is 0.296. The molecule has 0 unspecified atom stereocenters. The van der Waals surface area contributed by atoms with Gasteiger partial charge < -0.3 is 5.11 Å². The molecule has 6 nitrogen and oxygen atoms in total. The van der Waals surface area contributed by atoms with Gasteiger partial charge in [-0.25, -0.2) is 4.21 Å². The topological polar surface area (TPSA) is 98.4 Å². The van der Waals surface area contributed by atoms with Gasteiger partial charge in [0.15, 0.2) is 0 Å². The molecule has 0 bridgehead atoms. The first kappa shape index (κ1) is 11.5. The van der Waals surface area contributed by atoms with Crippen LogP contribution in [0.3, 0.4) is 0 Å². The predicted octanol–water partition coefficient (Wildman–Crippen LogP) is 1.26. The SMILES string of the molecule is [N-]=[N+]=NC[S@@](=O)(CCCO)=NCl. The van der Waals surface area contributed by atoms with Crippen LogP contribution in [0, 0.1) is 0 Å². The maximum absolute atomic E-state index is 11.4. The van der Waals surface area contributed by atoms with Gasteiger partial charge in [-0.3, -0.25) is 0 Å². The summed E-state index contributed by atoms with van der Waals surface area (Å²) in [4.78, 5) is 2.44. The maximum atomic E-state index is 11.4. The molecule has 0 aliphatic heterocycles. The van der Waals surface area contributed by atoms with E-state index >= 15 is 0 Å². The standard InChI is InChI=1S/C4H9ClN4O2S/c5-8-12(11,3-1-2-10)4-7-9-6/h10H,1-4H2/t12-/m0/s1. The van der Waals surface area contributed by atoms with Gasteiger partial charge in [0.2, 0.25) is 0 Å². The van der Waals surface area contributed by atoms with Gasteiger partial charge in [-0.15, -0.1) is 3.88 Å². The highest BCUT2D eigenvalue weighted by Gasteiger charge is 2.06. The molecule has 0 heterocycles.